The minimum atomic E-state index is -0.359. The second-order valence-electron chi connectivity index (χ2n) is 5.75. The molecule has 1 amide bonds. The Hall–Kier alpha value is -2.49. The number of nitrogens with zero attached hydrogens (tertiary/aromatic N) is 1. The van der Waals surface area contributed by atoms with E-state index < -0.39 is 0 Å². The van der Waals surface area contributed by atoms with Crippen LogP contribution in [-0.4, -0.2) is 31.0 Å². The lowest BCUT2D eigenvalue weighted by atomic mass is 10.1. The molecule has 3 rings (SSSR count). The van der Waals surface area contributed by atoms with Crippen LogP contribution in [0.3, 0.4) is 0 Å². The van der Waals surface area contributed by atoms with Crippen LogP contribution < -0.4 is 10.1 Å². The third-order valence-corrected chi connectivity index (χ3v) is 4.20. The summed E-state index contributed by atoms with van der Waals surface area (Å²) in [6, 6.07) is 17.2. The SMILES string of the molecule is COc1ccc(NC(C(=O)N2CCCC2)c2ccccc2)cc1. The first-order valence-electron chi connectivity index (χ1n) is 8.02. The third kappa shape index (κ3) is 3.65. The van der Waals surface area contributed by atoms with Crippen LogP contribution in [0.1, 0.15) is 24.4 Å². The molecule has 1 atom stereocenters. The summed E-state index contributed by atoms with van der Waals surface area (Å²) in [5.41, 5.74) is 1.90. The van der Waals surface area contributed by atoms with Crippen LogP contribution in [0, 0.1) is 0 Å². The summed E-state index contributed by atoms with van der Waals surface area (Å²) >= 11 is 0. The fraction of sp³-hybridized carbons (Fsp3) is 0.316. The Kier molecular flexibility index (Phi) is 4.81. The van der Waals surface area contributed by atoms with Crippen molar-refractivity contribution >= 4 is 11.6 Å². The van der Waals surface area contributed by atoms with Crippen LogP contribution in [-0.2, 0) is 4.79 Å². The lowest BCUT2D eigenvalue weighted by molar-refractivity contribution is -0.131. The summed E-state index contributed by atoms with van der Waals surface area (Å²) in [5, 5.41) is 3.38. The van der Waals surface area contributed by atoms with Crippen LogP contribution in [0.5, 0.6) is 5.75 Å². The molecule has 1 aliphatic heterocycles. The third-order valence-electron chi connectivity index (χ3n) is 4.20. The maximum atomic E-state index is 12.9. The molecule has 0 spiro atoms. The highest BCUT2D eigenvalue weighted by Gasteiger charge is 2.27. The van der Waals surface area contributed by atoms with Gasteiger partial charge in [0.15, 0.2) is 0 Å². The molecule has 2 aromatic rings. The Morgan fingerprint density at radius 1 is 1.04 bits per heavy atom. The standard InChI is InChI=1S/C19H22N2O2/c1-23-17-11-9-16(10-12-17)20-18(15-7-3-2-4-8-15)19(22)21-13-5-6-14-21/h2-4,7-12,18,20H,5-6,13-14H2,1H3. The number of methoxy groups -OCH3 is 1. The van der Waals surface area contributed by atoms with Crippen molar-refractivity contribution < 1.29 is 9.53 Å². The van der Waals surface area contributed by atoms with E-state index in [1.807, 2.05) is 59.5 Å². The van der Waals surface area contributed by atoms with Crippen molar-refractivity contribution in [1.29, 1.82) is 0 Å². The summed E-state index contributed by atoms with van der Waals surface area (Å²) in [5.74, 6) is 0.946. The summed E-state index contributed by atoms with van der Waals surface area (Å²) in [4.78, 5) is 14.9. The molecule has 1 saturated heterocycles. The van der Waals surface area contributed by atoms with Gasteiger partial charge in [-0.25, -0.2) is 0 Å². The highest BCUT2D eigenvalue weighted by molar-refractivity contribution is 5.86. The van der Waals surface area contributed by atoms with E-state index in [0.717, 1.165) is 42.9 Å². The van der Waals surface area contributed by atoms with Crippen molar-refractivity contribution in [3.8, 4) is 5.75 Å². The molecule has 23 heavy (non-hydrogen) atoms. The van der Waals surface area contributed by atoms with E-state index >= 15 is 0 Å². The number of hydrogen-bond donors (Lipinski definition) is 1. The number of likely N-dealkylation sites (tertiary alicyclic amines) is 1. The Morgan fingerprint density at radius 3 is 2.30 bits per heavy atom. The normalized spacial score (nSPS) is 15.3. The molecule has 0 saturated carbocycles. The molecule has 120 valence electrons. The summed E-state index contributed by atoms with van der Waals surface area (Å²) in [6.07, 6.45) is 2.19. The molecule has 2 aromatic carbocycles. The quantitative estimate of drug-likeness (QED) is 0.919. The maximum Gasteiger partial charge on any atom is 0.249 e. The average molecular weight is 310 g/mol. The van der Waals surface area contributed by atoms with Gasteiger partial charge in [0.2, 0.25) is 5.91 Å². The fourth-order valence-electron chi connectivity index (χ4n) is 2.91. The lowest BCUT2D eigenvalue weighted by Crippen LogP contribution is -2.36. The van der Waals surface area contributed by atoms with Crippen molar-refractivity contribution in [2.24, 2.45) is 0 Å². The molecular weight excluding hydrogens is 288 g/mol. The van der Waals surface area contributed by atoms with Gasteiger partial charge >= 0.3 is 0 Å². The smallest absolute Gasteiger partial charge is 0.249 e. The zero-order chi connectivity index (χ0) is 16.1. The molecule has 0 aliphatic carbocycles. The molecule has 1 fully saturated rings. The van der Waals surface area contributed by atoms with Crippen LogP contribution in [0.15, 0.2) is 54.6 Å². The Balaban J connectivity index is 1.83. The highest BCUT2D eigenvalue weighted by atomic mass is 16.5. The van der Waals surface area contributed by atoms with E-state index in [4.69, 9.17) is 4.74 Å². The van der Waals surface area contributed by atoms with E-state index in [1.54, 1.807) is 7.11 Å². The molecular formula is C19H22N2O2. The van der Waals surface area contributed by atoms with E-state index in [2.05, 4.69) is 5.32 Å². The van der Waals surface area contributed by atoms with E-state index in [0.29, 0.717) is 0 Å². The zero-order valence-corrected chi connectivity index (χ0v) is 13.4. The van der Waals surface area contributed by atoms with E-state index in [9.17, 15) is 4.79 Å². The summed E-state index contributed by atoms with van der Waals surface area (Å²) < 4.78 is 5.18. The number of anilines is 1. The minimum absolute atomic E-state index is 0.143. The summed E-state index contributed by atoms with van der Waals surface area (Å²) in [7, 11) is 1.64. The predicted molar refractivity (Wildman–Crippen MR) is 91.6 cm³/mol. The minimum Gasteiger partial charge on any atom is -0.497 e. The highest BCUT2D eigenvalue weighted by Crippen LogP contribution is 2.25. The molecule has 0 radical (unpaired) electrons. The first kappa shape index (κ1) is 15.4. The second kappa shape index (κ2) is 7.18. The van der Waals surface area contributed by atoms with Crippen molar-refractivity contribution in [3.63, 3.8) is 0 Å². The number of amides is 1. The lowest BCUT2D eigenvalue weighted by Gasteiger charge is -2.25. The number of rotatable bonds is 5. The van der Waals surface area contributed by atoms with Crippen molar-refractivity contribution in [3.05, 3.63) is 60.2 Å². The van der Waals surface area contributed by atoms with Gasteiger partial charge in [-0.15, -0.1) is 0 Å². The zero-order valence-electron chi connectivity index (χ0n) is 13.4. The number of hydrogen-bond acceptors (Lipinski definition) is 3. The summed E-state index contributed by atoms with van der Waals surface area (Å²) in [6.45, 7) is 1.71. The van der Waals surface area contributed by atoms with E-state index in [1.165, 1.54) is 0 Å². The first-order chi connectivity index (χ1) is 11.3. The first-order valence-corrected chi connectivity index (χ1v) is 8.02. The number of benzene rings is 2. The maximum absolute atomic E-state index is 12.9. The number of carbonyl (C=O) groups is 1. The number of carbonyl (C=O) groups excluding carboxylic acids is 1. The van der Waals surface area contributed by atoms with Gasteiger partial charge in [0.05, 0.1) is 7.11 Å². The van der Waals surface area contributed by atoms with Gasteiger partial charge in [-0.2, -0.15) is 0 Å². The molecule has 0 bridgehead atoms. The predicted octanol–water partition coefficient (Wildman–Crippen LogP) is 3.47. The molecule has 4 heteroatoms. The van der Waals surface area contributed by atoms with Crippen molar-refractivity contribution in [2.45, 2.75) is 18.9 Å². The van der Waals surface area contributed by atoms with Crippen LogP contribution in [0.2, 0.25) is 0 Å². The topological polar surface area (TPSA) is 41.6 Å². The number of ether oxygens (including phenoxy) is 1. The van der Waals surface area contributed by atoms with Crippen LogP contribution >= 0.6 is 0 Å². The van der Waals surface area contributed by atoms with Crippen molar-refractivity contribution in [2.75, 3.05) is 25.5 Å². The van der Waals surface area contributed by atoms with Gasteiger partial charge in [-0.1, -0.05) is 30.3 Å². The monoisotopic (exact) mass is 310 g/mol. The van der Waals surface area contributed by atoms with Gasteiger partial charge in [0, 0.05) is 18.8 Å². The van der Waals surface area contributed by atoms with Gasteiger partial charge in [-0.3, -0.25) is 4.79 Å². The van der Waals surface area contributed by atoms with Gasteiger partial charge in [0.25, 0.3) is 0 Å². The molecule has 0 aromatic heterocycles. The van der Waals surface area contributed by atoms with Gasteiger partial charge in [0.1, 0.15) is 11.8 Å². The molecule has 1 N–H and O–H groups in total. The van der Waals surface area contributed by atoms with Crippen LogP contribution in [0.4, 0.5) is 5.69 Å². The number of nitrogens with one attached hydrogen (secondary N) is 1. The molecule has 4 nitrogen and oxygen atoms in total. The Labute approximate surface area is 137 Å². The molecule has 1 unspecified atom stereocenters. The Morgan fingerprint density at radius 2 is 1.70 bits per heavy atom. The molecule has 1 heterocycles. The van der Waals surface area contributed by atoms with Crippen LogP contribution in [0.25, 0.3) is 0 Å². The van der Waals surface area contributed by atoms with E-state index in [-0.39, 0.29) is 11.9 Å². The second-order valence-corrected chi connectivity index (χ2v) is 5.75. The Bertz CT molecular complexity index is 634. The van der Waals surface area contributed by atoms with Crippen molar-refractivity contribution in [1.82, 2.24) is 4.90 Å². The molecule has 1 aliphatic rings. The van der Waals surface area contributed by atoms with Gasteiger partial charge < -0.3 is 15.0 Å². The average Bonchev–Trinajstić information content (AvgIpc) is 3.15. The fourth-order valence-corrected chi connectivity index (χ4v) is 2.91. The van der Waals surface area contributed by atoms with Gasteiger partial charge in [-0.05, 0) is 42.7 Å². The largest absolute Gasteiger partial charge is 0.497 e.